The van der Waals surface area contributed by atoms with Crippen molar-refractivity contribution in [3.05, 3.63) is 58.1 Å². The number of fused-ring (bicyclic) bond motifs is 2. The maximum Gasteiger partial charge on any atom is 0.201 e. The van der Waals surface area contributed by atoms with Crippen LogP contribution in [0.15, 0.2) is 30.3 Å². The van der Waals surface area contributed by atoms with Gasteiger partial charge in [0.1, 0.15) is 11.5 Å². The van der Waals surface area contributed by atoms with E-state index in [2.05, 4.69) is 32.6 Å². The first kappa shape index (κ1) is 27.9. The zero-order valence-electron chi connectivity index (χ0n) is 22.7. The molecule has 0 unspecified atom stereocenters. The fourth-order valence-electron chi connectivity index (χ4n) is 4.76. The first-order valence-electron chi connectivity index (χ1n) is 13.9. The molecule has 196 valence electrons. The summed E-state index contributed by atoms with van der Waals surface area (Å²) in [5.74, 6) is 0.706. The fraction of sp³-hybridized carbons (Fsp3) is 0.548. The Balaban J connectivity index is 1.95. The van der Waals surface area contributed by atoms with Crippen LogP contribution >= 0.6 is 0 Å². The van der Waals surface area contributed by atoms with Gasteiger partial charge in [0.25, 0.3) is 0 Å². The molecule has 0 N–H and O–H groups in total. The lowest BCUT2D eigenvalue weighted by atomic mass is 9.82. The highest BCUT2D eigenvalue weighted by Crippen LogP contribution is 2.38. The van der Waals surface area contributed by atoms with Gasteiger partial charge in [0, 0.05) is 17.7 Å². The van der Waals surface area contributed by atoms with Gasteiger partial charge < -0.3 is 9.47 Å². The lowest BCUT2D eigenvalue weighted by molar-refractivity contribution is 0.0971. The van der Waals surface area contributed by atoms with E-state index in [9.17, 15) is 9.59 Å². The number of unbranched alkanes of at least 4 members (excludes halogenated alkanes) is 6. The second-order valence-electron chi connectivity index (χ2n) is 9.63. The minimum absolute atomic E-state index is 0.131. The van der Waals surface area contributed by atoms with Crippen molar-refractivity contribution < 1.29 is 19.1 Å². The van der Waals surface area contributed by atoms with Gasteiger partial charge in [0.2, 0.25) is 5.78 Å². The Bertz CT molecular complexity index is 1030. The molecule has 1 aliphatic carbocycles. The third-order valence-corrected chi connectivity index (χ3v) is 6.94. The minimum Gasteiger partial charge on any atom is -0.493 e. The lowest BCUT2D eigenvalue weighted by Gasteiger charge is -2.25. The van der Waals surface area contributed by atoms with Crippen molar-refractivity contribution in [2.45, 2.75) is 85.6 Å². The van der Waals surface area contributed by atoms with E-state index in [0.717, 1.165) is 70.0 Å². The minimum atomic E-state index is -0.179. The van der Waals surface area contributed by atoms with Crippen molar-refractivity contribution in [2.24, 2.45) is 0 Å². The van der Waals surface area contributed by atoms with Gasteiger partial charge in [-0.25, -0.2) is 0 Å². The summed E-state index contributed by atoms with van der Waals surface area (Å²) in [6, 6.07) is 9.20. The molecule has 0 atom stereocenters. The lowest BCUT2D eigenvalue weighted by Crippen LogP contribution is -2.25. The van der Waals surface area contributed by atoms with E-state index in [-0.39, 0.29) is 11.6 Å². The molecule has 0 aromatic heterocycles. The van der Waals surface area contributed by atoms with Gasteiger partial charge in [-0.3, -0.25) is 14.5 Å². The largest absolute Gasteiger partial charge is 0.493 e. The molecule has 0 fully saturated rings. The molecule has 2 aromatic carbocycles. The molecular weight excluding hydrogens is 450 g/mol. The molecule has 2 aromatic rings. The van der Waals surface area contributed by atoms with E-state index < -0.39 is 0 Å². The molecular formula is C31H43NO4. The zero-order valence-corrected chi connectivity index (χ0v) is 22.7. The topological polar surface area (TPSA) is 55.8 Å². The van der Waals surface area contributed by atoms with E-state index in [4.69, 9.17) is 9.47 Å². The van der Waals surface area contributed by atoms with Crippen molar-refractivity contribution in [1.29, 1.82) is 0 Å². The van der Waals surface area contributed by atoms with Gasteiger partial charge in [0.05, 0.1) is 24.3 Å². The SMILES string of the molecule is CCCCCCOc1cccc2c1C(=O)c1c(OCCCCCC)cc(CN(CC)CC)cc1C2=O. The number of nitrogens with zero attached hydrogens (tertiary/aromatic N) is 1. The number of ketones is 2. The van der Waals surface area contributed by atoms with Crippen LogP contribution in [-0.2, 0) is 6.54 Å². The van der Waals surface area contributed by atoms with Crippen molar-refractivity contribution >= 4 is 11.6 Å². The molecule has 0 saturated heterocycles. The molecule has 5 nitrogen and oxygen atoms in total. The molecule has 36 heavy (non-hydrogen) atoms. The summed E-state index contributed by atoms with van der Waals surface area (Å²) in [5.41, 5.74) is 2.62. The van der Waals surface area contributed by atoms with E-state index >= 15 is 0 Å². The van der Waals surface area contributed by atoms with E-state index in [0.29, 0.717) is 53.5 Å². The summed E-state index contributed by atoms with van der Waals surface area (Å²) in [5, 5.41) is 0. The van der Waals surface area contributed by atoms with Crippen LogP contribution in [-0.4, -0.2) is 42.8 Å². The standard InChI is InChI=1S/C31H43NO4/c1-5-9-11-13-18-35-26-17-15-16-24-28(26)31(34)29-25(30(24)33)20-23(22-32(7-3)8-4)21-27(29)36-19-14-12-10-6-2/h15-17,20-21H,5-14,18-19,22H2,1-4H3. The van der Waals surface area contributed by atoms with Gasteiger partial charge in [-0.15, -0.1) is 0 Å². The second kappa shape index (κ2) is 14.2. The summed E-state index contributed by atoms with van der Waals surface area (Å²) in [7, 11) is 0. The Kier molecular flexibility index (Phi) is 11.0. The highest BCUT2D eigenvalue weighted by atomic mass is 16.5. The summed E-state index contributed by atoms with van der Waals surface area (Å²) in [4.78, 5) is 29.9. The van der Waals surface area contributed by atoms with Crippen molar-refractivity contribution in [3.8, 4) is 11.5 Å². The monoisotopic (exact) mass is 493 g/mol. The highest BCUT2D eigenvalue weighted by Gasteiger charge is 2.35. The Morgan fingerprint density at radius 1 is 0.667 bits per heavy atom. The number of carbonyl (C=O) groups excluding carboxylic acids is 2. The summed E-state index contributed by atoms with van der Waals surface area (Å²) in [6.45, 7) is 12.2. The predicted molar refractivity (Wildman–Crippen MR) is 146 cm³/mol. The molecule has 0 spiro atoms. The van der Waals surface area contributed by atoms with Crippen LogP contribution in [0, 0.1) is 0 Å². The quantitative estimate of drug-likeness (QED) is 0.197. The number of hydrogen-bond donors (Lipinski definition) is 0. The third kappa shape index (κ3) is 6.76. The molecule has 0 amide bonds. The van der Waals surface area contributed by atoms with Gasteiger partial charge in [-0.1, -0.05) is 78.4 Å². The maximum atomic E-state index is 13.9. The van der Waals surface area contributed by atoms with Gasteiger partial charge >= 0.3 is 0 Å². The first-order valence-corrected chi connectivity index (χ1v) is 13.9. The number of benzene rings is 2. The van der Waals surface area contributed by atoms with Crippen molar-refractivity contribution in [2.75, 3.05) is 26.3 Å². The molecule has 1 aliphatic rings. The number of rotatable bonds is 16. The van der Waals surface area contributed by atoms with Crippen LogP contribution in [0.5, 0.6) is 11.5 Å². The van der Waals surface area contributed by atoms with E-state index in [1.165, 1.54) is 0 Å². The molecule has 0 aliphatic heterocycles. The van der Waals surface area contributed by atoms with E-state index in [1.807, 2.05) is 12.1 Å². The van der Waals surface area contributed by atoms with Crippen LogP contribution in [0.2, 0.25) is 0 Å². The van der Waals surface area contributed by atoms with E-state index in [1.54, 1.807) is 18.2 Å². The predicted octanol–water partition coefficient (Wildman–Crippen LogP) is 7.22. The molecule has 5 heteroatoms. The average Bonchev–Trinajstić information content (AvgIpc) is 2.89. The zero-order chi connectivity index (χ0) is 25.9. The Morgan fingerprint density at radius 2 is 1.28 bits per heavy atom. The van der Waals surface area contributed by atoms with Gasteiger partial charge in [0.15, 0.2) is 5.78 Å². The highest BCUT2D eigenvalue weighted by molar-refractivity contribution is 6.30. The Morgan fingerprint density at radius 3 is 1.89 bits per heavy atom. The third-order valence-electron chi connectivity index (χ3n) is 6.94. The molecule has 0 bridgehead atoms. The van der Waals surface area contributed by atoms with Crippen LogP contribution in [0.1, 0.15) is 116 Å². The Labute approximate surface area is 217 Å². The molecule has 3 rings (SSSR count). The number of carbonyl (C=O) groups is 2. The van der Waals surface area contributed by atoms with Crippen LogP contribution < -0.4 is 9.47 Å². The summed E-state index contributed by atoms with van der Waals surface area (Å²) >= 11 is 0. The number of ether oxygens (including phenoxy) is 2. The van der Waals surface area contributed by atoms with Crippen LogP contribution in [0.3, 0.4) is 0 Å². The van der Waals surface area contributed by atoms with Gasteiger partial charge in [-0.2, -0.15) is 0 Å². The normalized spacial score (nSPS) is 12.6. The van der Waals surface area contributed by atoms with Crippen molar-refractivity contribution in [1.82, 2.24) is 4.90 Å². The maximum absolute atomic E-state index is 13.9. The molecule has 0 saturated carbocycles. The first-order chi connectivity index (χ1) is 17.5. The van der Waals surface area contributed by atoms with Crippen LogP contribution in [0.25, 0.3) is 0 Å². The second-order valence-corrected chi connectivity index (χ2v) is 9.63. The van der Waals surface area contributed by atoms with Gasteiger partial charge in [-0.05, 0) is 49.7 Å². The molecule has 0 heterocycles. The van der Waals surface area contributed by atoms with Crippen molar-refractivity contribution in [3.63, 3.8) is 0 Å². The smallest absolute Gasteiger partial charge is 0.201 e. The average molecular weight is 494 g/mol. The van der Waals surface area contributed by atoms with Crippen LogP contribution in [0.4, 0.5) is 0 Å². The summed E-state index contributed by atoms with van der Waals surface area (Å²) < 4.78 is 12.2. The Hall–Kier alpha value is -2.66. The summed E-state index contributed by atoms with van der Waals surface area (Å²) in [6.07, 6.45) is 8.66. The molecule has 0 radical (unpaired) electrons. The fourth-order valence-corrected chi connectivity index (χ4v) is 4.76. The number of hydrogen-bond acceptors (Lipinski definition) is 5.